The molecule has 70 valence electrons. The zero-order chi connectivity index (χ0) is 9.97. The van der Waals surface area contributed by atoms with Crippen molar-refractivity contribution in [2.75, 3.05) is 6.61 Å². The number of rotatable bonds is 2. The molecule has 0 aromatic heterocycles. The van der Waals surface area contributed by atoms with Crippen LogP contribution in [0.1, 0.15) is 5.56 Å². The van der Waals surface area contributed by atoms with E-state index in [1.165, 1.54) is 0 Å². The van der Waals surface area contributed by atoms with E-state index in [1.807, 2.05) is 18.2 Å². The maximum Gasteiger partial charge on any atom is 0.298 e. The highest BCUT2D eigenvalue weighted by atomic mass is 16.3. The fraction of sp³-hybridized carbons (Fsp3) is 0.100. The molecular formula is C10H8N2O2. The first kappa shape index (κ1) is 8.77. The first-order chi connectivity index (χ1) is 6.83. The highest BCUT2D eigenvalue weighted by molar-refractivity contribution is 6.22. The standard InChI is InChI=1S/C10H8N2O2/c13-6-8-9(10(14)12-11-8)7-4-2-1-3-5-7/h1-5,13H,6H2. The highest BCUT2D eigenvalue weighted by Gasteiger charge is 2.21. The van der Waals surface area contributed by atoms with Crippen molar-refractivity contribution in [3.05, 3.63) is 41.6 Å². The number of amides is 1. The van der Waals surface area contributed by atoms with Gasteiger partial charge in [-0.15, -0.1) is 10.2 Å². The van der Waals surface area contributed by atoms with Gasteiger partial charge in [-0.2, -0.15) is 0 Å². The van der Waals surface area contributed by atoms with E-state index in [2.05, 4.69) is 10.2 Å². The lowest BCUT2D eigenvalue weighted by Gasteiger charge is -1.99. The van der Waals surface area contributed by atoms with Crippen LogP contribution in [0.2, 0.25) is 0 Å². The Balaban J connectivity index is 2.49. The molecule has 0 aliphatic carbocycles. The summed E-state index contributed by atoms with van der Waals surface area (Å²) in [6.45, 7) is -0.264. The minimum absolute atomic E-state index is 0.264. The number of aliphatic hydroxyl groups is 1. The predicted octanol–water partition coefficient (Wildman–Crippen LogP) is 1.38. The molecule has 0 unspecified atom stereocenters. The Morgan fingerprint density at radius 1 is 1.14 bits per heavy atom. The van der Waals surface area contributed by atoms with Crippen LogP contribution in [0.25, 0.3) is 5.57 Å². The van der Waals surface area contributed by atoms with E-state index in [0.29, 0.717) is 11.3 Å². The van der Waals surface area contributed by atoms with Crippen molar-refractivity contribution in [1.82, 2.24) is 0 Å². The molecule has 0 fully saturated rings. The van der Waals surface area contributed by atoms with Crippen LogP contribution in [0.4, 0.5) is 0 Å². The van der Waals surface area contributed by atoms with Crippen LogP contribution in [0.5, 0.6) is 0 Å². The van der Waals surface area contributed by atoms with Gasteiger partial charge < -0.3 is 5.11 Å². The van der Waals surface area contributed by atoms with Gasteiger partial charge in [0.05, 0.1) is 12.2 Å². The lowest BCUT2D eigenvalue weighted by Crippen LogP contribution is -1.97. The first-order valence-corrected chi connectivity index (χ1v) is 4.18. The van der Waals surface area contributed by atoms with Crippen LogP contribution in [-0.4, -0.2) is 17.6 Å². The number of benzene rings is 1. The molecule has 0 atom stereocenters. The van der Waals surface area contributed by atoms with Gasteiger partial charge in [-0.1, -0.05) is 30.3 Å². The molecule has 1 aliphatic heterocycles. The van der Waals surface area contributed by atoms with Gasteiger partial charge >= 0.3 is 0 Å². The molecule has 1 aromatic carbocycles. The van der Waals surface area contributed by atoms with E-state index in [4.69, 9.17) is 5.11 Å². The van der Waals surface area contributed by atoms with Gasteiger partial charge in [0.15, 0.2) is 0 Å². The van der Waals surface area contributed by atoms with Gasteiger partial charge in [0.1, 0.15) is 5.70 Å². The van der Waals surface area contributed by atoms with E-state index in [-0.39, 0.29) is 12.5 Å². The van der Waals surface area contributed by atoms with E-state index in [9.17, 15) is 4.79 Å². The topological polar surface area (TPSA) is 62.0 Å². The Morgan fingerprint density at radius 2 is 1.86 bits per heavy atom. The number of hydrogen-bond donors (Lipinski definition) is 1. The maximum atomic E-state index is 11.3. The number of aliphatic hydroxyl groups excluding tert-OH is 1. The van der Waals surface area contributed by atoms with Crippen molar-refractivity contribution in [2.24, 2.45) is 10.2 Å². The summed E-state index contributed by atoms with van der Waals surface area (Å²) in [7, 11) is 0. The molecule has 0 saturated heterocycles. The minimum Gasteiger partial charge on any atom is -0.390 e. The van der Waals surface area contributed by atoms with Crippen molar-refractivity contribution in [1.29, 1.82) is 0 Å². The van der Waals surface area contributed by atoms with Crippen LogP contribution in [0.3, 0.4) is 0 Å². The van der Waals surface area contributed by atoms with Crippen molar-refractivity contribution in [3.63, 3.8) is 0 Å². The SMILES string of the molecule is O=C1N=NC(CO)=C1c1ccccc1. The van der Waals surface area contributed by atoms with Crippen molar-refractivity contribution >= 4 is 11.5 Å². The van der Waals surface area contributed by atoms with Crippen molar-refractivity contribution in [3.8, 4) is 0 Å². The third kappa shape index (κ3) is 1.36. The van der Waals surface area contributed by atoms with Crippen LogP contribution in [-0.2, 0) is 4.79 Å². The molecule has 0 bridgehead atoms. The molecule has 0 radical (unpaired) electrons. The van der Waals surface area contributed by atoms with E-state index in [1.54, 1.807) is 12.1 Å². The van der Waals surface area contributed by atoms with Gasteiger partial charge in [-0.25, -0.2) is 0 Å². The number of azo groups is 1. The molecule has 1 heterocycles. The highest BCUT2D eigenvalue weighted by Crippen LogP contribution is 2.25. The van der Waals surface area contributed by atoms with Crippen molar-refractivity contribution < 1.29 is 9.90 Å². The predicted molar refractivity (Wildman–Crippen MR) is 50.3 cm³/mol. The molecule has 4 heteroatoms. The number of hydrogen-bond acceptors (Lipinski definition) is 3. The van der Waals surface area contributed by atoms with Gasteiger partial charge in [0.25, 0.3) is 5.91 Å². The number of nitrogens with zero attached hydrogens (tertiary/aromatic N) is 2. The summed E-state index contributed by atoms with van der Waals surface area (Å²) >= 11 is 0. The summed E-state index contributed by atoms with van der Waals surface area (Å²) in [5.74, 6) is -0.389. The third-order valence-corrected chi connectivity index (χ3v) is 1.98. The van der Waals surface area contributed by atoms with E-state index in [0.717, 1.165) is 5.56 Å². The largest absolute Gasteiger partial charge is 0.390 e. The molecule has 1 aliphatic rings. The lowest BCUT2D eigenvalue weighted by atomic mass is 10.0. The fourth-order valence-electron chi connectivity index (χ4n) is 1.33. The monoisotopic (exact) mass is 188 g/mol. The quantitative estimate of drug-likeness (QED) is 0.762. The zero-order valence-electron chi connectivity index (χ0n) is 7.34. The van der Waals surface area contributed by atoms with Crippen molar-refractivity contribution in [2.45, 2.75) is 0 Å². The molecule has 1 aromatic rings. The van der Waals surface area contributed by atoms with Crippen LogP contribution < -0.4 is 0 Å². The summed E-state index contributed by atoms with van der Waals surface area (Å²) in [6.07, 6.45) is 0. The molecule has 0 spiro atoms. The Kier molecular flexibility index (Phi) is 2.20. The fourth-order valence-corrected chi connectivity index (χ4v) is 1.33. The second-order valence-corrected chi connectivity index (χ2v) is 2.85. The van der Waals surface area contributed by atoms with Gasteiger partial charge in [0, 0.05) is 0 Å². The van der Waals surface area contributed by atoms with Gasteiger partial charge in [0.2, 0.25) is 0 Å². The Labute approximate surface area is 80.6 Å². The van der Waals surface area contributed by atoms with E-state index < -0.39 is 0 Å². The number of carbonyl (C=O) groups excluding carboxylic acids is 1. The van der Waals surface area contributed by atoms with Gasteiger partial charge in [-0.05, 0) is 5.56 Å². The lowest BCUT2D eigenvalue weighted by molar-refractivity contribution is -0.112. The second-order valence-electron chi connectivity index (χ2n) is 2.85. The minimum atomic E-state index is -0.389. The molecule has 2 rings (SSSR count). The smallest absolute Gasteiger partial charge is 0.298 e. The maximum absolute atomic E-state index is 11.3. The van der Waals surface area contributed by atoms with E-state index >= 15 is 0 Å². The van der Waals surface area contributed by atoms with Crippen LogP contribution in [0.15, 0.2) is 46.3 Å². The Hall–Kier alpha value is -1.81. The molecule has 1 N–H and O–H groups in total. The molecule has 14 heavy (non-hydrogen) atoms. The van der Waals surface area contributed by atoms with Crippen LogP contribution >= 0.6 is 0 Å². The van der Waals surface area contributed by atoms with Crippen LogP contribution in [0, 0.1) is 0 Å². The first-order valence-electron chi connectivity index (χ1n) is 4.18. The summed E-state index contributed by atoms with van der Waals surface area (Å²) in [4.78, 5) is 11.3. The zero-order valence-corrected chi connectivity index (χ0v) is 7.34. The van der Waals surface area contributed by atoms with Gasteiger partial charge in [-0.3, -0.25) is 4.79 Å². The number of carbonyl (C=O) groups is 1. The summed E-state index contributed by atoms with van der Waals surface area (Å²) in [5, 5.41) is 15.9. The normalized spacial score (nSPS) is 15.4. The summed E-state index contributed by atoms with van der Waals surface area (Å²) in [5.41, 5.74) is 1.47. The Bertz CT molecular complexity index is 421. The molecular weight excluding hydrogens is 180 g/mol. The summed E-state index contributed by atoms with van der Waals surface area (Å²) in [6, 6.07) is 9.08. The average molecular weight is 188 g/mol. The molecule has 4 nitrogen and oxygen atoms in total. The second kappa shape index (κ2) is 3.51. The average Bonchev–Trinajstić information content (AvgIpc) is 2.61. The summed E-state index contributed by atoms with van der Waals surface area (Å²) < 4.78 is 0. The molecule has 1 amide bonds. The third-order valence-electron chi connectivity index (χ3n) is 1.98. The Morgan fingerprint density at radius 3 is 2.50 bits per heavy atom. The molecule has 0 saturated carbocycles.